The Morgan fingerprint density at radius 3 is 2.43 bits per heavy atom. The second kappa shape index (κ2) is 3.38. The predicted molar refractivity (Wildman–Crippen MR) is 52.3 cm³/mol. The van der Waals surface area contributed by atoms with Crippen LogP contribution in [-0.4, -0.2) is 4.98 Å². The molecule has 1 heterocycles. The van der Waals surface area contributed by atoms with Gasteiger partial charge < -0.3 is 0 Å². The molecule has 0 aliphatic carbocycles. The van der Waals surface area contributed by atoms with Crippen LogP contribution in [0.4, 0.5) is 4.39 Å². The first-order chi connectivity index (χ1) is 6.36. The zero-order valence-corrected chi connectivity index (χ0v) is 8.85. The highest BCUT2D eigenvalue weighted by Crippen LogP contribution is 2.24. The Morgan fingerprint density at radius 2 is 2.00 bits per heavy atom. The Labute approximate surface area is 83.4 Å². The molecule has 2 nitrogen and oxygen atoms in total. The summed E-state index contributed by atoms with van der Waals surface area (Å²) in [5.74, 6) is -0.422. The van der Waals surface area contributed by atoms with Gasteiger partial charge in [0.25, 0.3) is 0 Å². The standard InChI is InChI=1S/C11H13FN2/c1-7-9(12)5-8(6-13)10(14-7)11(2,3)4/h5H,1-4H3. The molecule has 0 bridgehead atoms. The summed E-state index contributed by atoms with van der Waals surface area (Å²) in [5, 5.41) is 8.84. The molecule has 14 heavy (non-hydrogen) atoms. The molecule has 0 atom stereocenters. The molecular weight excluding hydrogens is 179 g/mol. The van der Waals surface area contributed by atoms with E-state index in [0.29, 0.717) is 17.0 Å². The number of aromatic nitrogens is 1. The minimum Gasteiger partial charge on any atom is -0.253 e. The third-order valence-corrected chi connectivity index (χ3v) is 1.98. The third-order valence-electron chi connectivity index (χ3n) is 1.98. The highest BCUT2D eigenvalue weighted by atomic mass is 19.1. The fourth-order valence-electron chi connectivity index (χ4n) is 1.24. The summed E-state index contributed by atoms with van der Waals surface area (Å²) in [6, 6.07) is 3.22. The summed E-state index contributed by atoms with van der Waals surface area (Å²) in [6.07, 6.45) is 0. The van der Waals surface area contributed by atoms with Gasteiger partial charge in [0.15, 0.2) is 0 Å². The van der Waals surface area contributed by atoms with Gasteiger partial charge in [-0.3, -0.25) is 4.98 Å². The molecule has 0 spiro atoms. The lowest BCUT2D eigenvalue weighted by atomic mass is 9.88. The Morgan fingerprint density at radius 1 is 1.43 bits per heavy atom. The van der Waals surface area contributed by atoms with Crippen LogP contribution in [0.15, 0.2) is 6.07 Å². The van der Waals surface area contributed by atoms with Crippen LogP contribution in [0.2, 0.25) is 0 Å². The number of hydrogen-bond acceptors (Lipinski definition) is 2. The van der Waals surface area contributed by atoms with Crippen molar-refractivity contribution < 1.29 is 4.39 Å². The lowest BCUT2D eigenvalue weighted by Gasteiger charge is -2.19. The van der Waals surface area contributed by atoms with Crippen LogP contribution in [0, 0.1) is 24.1 Å². The van der Waals surface area contributed by atoms with E-state index in [1.54, 1.807) is 6.92 Å². The molecule has 0 fully saturated rings. The fraction of sp³-hybridized carbons (Fsp3) is 0.455. The third kappa shape index (κ3) is 1.90. The molecule has 1 rings (SSSR count). The molecule has 74 valence electrons. The van der Waals surface area contributed by atoms with E-state index in [2.05, 4.69) is 4.98 Å². The van der Waals surface area contributed by atoms with Crippen LogP contribution in [0.25, 0.3) is 0 Å². The topological polar surface area (TPSA) is 36.7 Å². The normalized spacial score (nSPS) is 11.1. The average Bonchev–Trinajstić information content (AvgIpc) is 2.07. The van der Waals surface area contributed by atoms with Gasteiger partial charge in [0.1, 0.15) is 11.9 Å². The number of rotatable bonds is 0. The van der Waals surface area contributed by atoms with Crippen LogP contribution < -0.4 is 0 Å². The van der Waals surface area contributed by atoms with E-state index in [9.17, 15) is 4.39 Å². The number of nitrogens with zero attached hydrogens (tertiary/aromatic N) is 2. The number of halogens is 1. The maximum atomic E-state index is 13.1. The van der Waals surface area contributed by atoms with Crippen LogP contribution in [0.5, 0.6) is 0 Å². The van der Waals surface area contributed by atoms with Gasteiger partial charge in [-0.05, 0) is 13.0 Å². The Bertz CT molecular complexity index is 397. The SMILES string of the molecule is Cc1nc(C(C)(C)C)c(C#N)cc1F. The predicted octanol–water partition coefficient (Wildman–Crippen LogP) is 2.70. The van der Waals surface area contributed by atoms with E-state index in [1.165, 1.54) is 6.07 Å². The Balaban J connectivity index is 3.45. The lowest BCUT2D eigenvalue weighted by molar-refractivity contribution is 0.549. The minimum atomic E-state index is -0.422. The molecule has 0 aliphatic rings. The minimum absolute atomic E-state index is 0.233. The zero-order valence-electron chi connectivity index (χ0n) is 8.85. The summed E-state index contributed by atoms with van der Waals surface area (Å²) < 4.78 is 13.1. The molecular formula is C11H13FN2. The van der Waals surface area contributed by atoms with Gasteiger partial charge in [0, 0.05) is 5.41 Å². The summed E-state index contributed by atoms with van der Waals surface area (Å²) >= 11 is 0. The van der Waals surface area contributed by atoms with Gasteiger partial charge in [0.2, 0.25) is 0 Å². The first kappa shape index (κ1) is 10.6. The van der Waals surface area contributed by atoms with Gasteiger partial charge >= 0.3 is 0 Å². The molecule has 0 aromatic carbocycles. The smallest absolute Gasteiger partial charge is 0.145 e. The van der Waals surface area contributed by atoms with E-state index in [-0.39, 0.29) is 5.41 Å². The number of aryl methyl sites for hydroxylation is 1. The number of pyridine rings is 1. The number of hydrogen-bond donors (Lipinski definition) is 0. The van der Waals surface area contributed by atoms with Crippen LogP contribution in [-0.2, 0) is 5.41 Å². The van der Waals surface area contributed by atoms with E-state index < -0.39 is 5.82 Å². The van der Waals surface area contributed by atoms with Gasteiger partial charge in [-0.15, -0.1) is 0 Å². The van der Waals surface area contributed by atoms with Crippen LogP contribution >= 0.6 is 0 Å². The molecule has 0 radical (unpaired) electrons. The maximum absolute atomic E-state index is 13.1. The Kier molecular flexibility index (Phi) is 2.57. The number of nitriles is 1. The molecule has 0 unspecified atom stereocenters. The van der Waals surface area contributed by atoms with Crippen molar-refractivity contribution in [2.45, 2.75) is 33.1 Å². The molecule has 0 aliphatic heterocycles. The monoisotopic (exact) mass is 192 g/mol. The second-order valence-corrected chi connectivity index (χ2v) is 4.31. The van der Waals surface area contributed by atoms with E-state index in [0.717, 1.165) is 0 Å². The quantitative estimate of drug-likeness (QED) is 0.633. The molecule has 1 aromatic rings. The van der Waals surface area contributed by atoms with Crippen molar-refractivity contribution in [1.82, 2.24) is 4.98 Å². The lowest BCUT2D eigenvalue weighted by Crippen LogP contribution is -2.17. The second-order valence-electron chi connectivity index (χ2n) is 4.31. The van der Waals surface area contributed by atoms with Crippen molar-refractivity contribution in [2.75, 3.05) is 0 Å². The van der Waals surface area contributed by atoms with Crippen molar-refractivity contribution in [3.63, 3.8) is 0 Å². The largest absolute Gasteiger partial charge is 0.253 e. The van der Waals surface area contributed by atoms with E-state index >= 15 is 0 Å². The van der Waals surface area contributed by atoms with Crippen LogP contribution in [0.1, 0.15) is 37.7 Å². The van der Waals surface area contributed by atoms with Gasteiger partial charge in [-0.1, -0.05) is 20.8 Å². The van der Waals surface area contributed by atoms with E-state index in [4.69, 9.17) is 5.26 Å². The van der Waals surface area contributed by atoms with Crippen molar-refractivity contribution in [3.8, 4) is 6.07 Å². The highest BCUT2D eigenvalue weighted by Gasteiger charge is 2.21. The summed E-state index contributed by atoms with van der Waals surface area (Å²) in [6.45, 7) is 7.46. The average molecular weight is 192 g/mol. The molecule has 3 heteroatoms. The van der Waals surface area contributed by atoms with Crippen molar-refractivity contribution in [1.29, 1.82) is 5.26 Å². The van der Waals surface area contributed by atoms with Gasteiger partial charge in [-0.25, -0.2) is 4.39 Å². The first-order valence-electron chi connectivity index (χ1n) is 4.44. The fourth-order valence-corrected chi connectivity index (χ4v) is 1.24. The summed E-state index contributed by atoms with van der Waals surface area (Å²) in [4.78, 5) is 4.12. The molecule has 0 N–H and O–H groups in total. The van der Waals surface area contributed by atoms with Crippen molar-refractivity contribution in [2.24, 2.45) is 0 Å². The van der Waals surface area contributed by atoms with Gasteiger partial charge in [0.05, 0.1) is 17.0 Å². The Hall–Kier alpha value is -1.43. The molecule has 1 aromatic heterocycles. The molecule has 0 saturated carbocycles. The van der Waals surface area contributed by atoms with Crippen molar-refractivity contribution in [3.05, 3.63) is 28.8 Å². The summed E-state index contributed by atoms with van der Waals surface area (Å²) in [5.41, 5.74) is 1.08. The first-order valence-corrected chi connectivity index (χ1v) is 4.44. The van der Waals surface area contributed by atoms with E-state index in [1.807, 2.05) is 26.8 Å². The van der Waals surface area contributed by atoms with Crippen LogP contribution in [0.3, 0.4) is 0 Å². The van der Waals surface area contributed by atoms with Crippen molar-refractivity contribution >= 4 is 0 Å². The maximum Gasteiger partial charge on any atom is 0.145 e. The molecule has 0 saturated heterocycles. The summed E-state index contributed by atoms with van der Waals surface area (Å²) in [7, 11) is 0. The zero-order chi connectivity index (χ0) is 10.9. The van der Waals surface area contributed by atoms with Gasteiger partial charge in [-0.2, -0.15) is 5.26 Å². The molecule has 0 amide bonds. The highest BCUT2D eigenvalue weighted by molar-refractivity contribution is 5.38.